The Balaban J connectivity index is 1.48. The lowest BCUT2D eigenvalue weighted by Crippen LogP contribution is -2.45. The SMILES string of the molecule is O=C([C@@H]1CCCN(c2cnccn2)C1)N1CCC[C@@H]1c1ccccc1. The van der Waals surface area contributed by atoms with E-state index >= 15 is 0 Å². The molecule has 0 aliphatic carbocycles. The standard InChI is InChI=1S/C20H24N4O/c25-20(24-13-5-9-18(24)16-6-2-1-3-7-16)17-8-4-12-23(15-17)19-14-21-10-11-22-19/h1-3,6-7,10-11,14,17-18H,4-5,8-9,12-13,15H2/t17-,18-/m1/s1. The van der Waals surface area contributed by atoms with Gasteiger partial charge in [-0.05, 0) is 31.2 Å². The average Bonchev–Trinajstić information content (AvgIpc) is 3.19. The Morgan fingerprint density at radius 3 is 2.68 bits per heavy atom. The zero-order valence-corrected chi connectivity index (χ0v) is 14.4. The van der Waals surface area contributed by atoms with Crippen molar-refractivity contribution in [3.8, 4) is 0 Å². The van der Waals surface area contributed by atoms with Crippen LogP contribution >= 0.6 is 0 Å². The molecule has 0 saturated carbocycles. The van der Waals surface area contributed by atoms with Crippen LogP contribution in [0.5, 0.6) is 0 Å². The highest BCUT2D eigenvalue weighted by molar-refractivity contribution is 5.80. The second kappa shape index (κ2) is 7.21. The van der Waals surface area contributed by atoms with Gasteiger partial charge in [0.2, 0.25) is 5.91 Å². The van der Waals surface area contributed by atoms with E-state index in [0.717, 1.165) is 51.1 Å². The van der Waals surface area contributed by atoms with Gasteiger partial charge >= 0.3 is 0 Å². The normalized spacial score (nSPS) is 23.7. The van der Waals surface area contributed by atoms with E-state index < -0.39 is 0 Å². The second-order valence-electron chi connectivity index (χ2n) is 6.95. The fraction of sp³-hybridized carbons (Fsp3) is 0.450. The van der Waals surface area contributed by atoms with Gasteiger partial charge in [0.25, 0.3) is 0 Å². The first-order valence-electron chi connectivity index (χ1n) is 9.19. The topological polar surface area (TPSA) is 49.3 Å². The number of nitrogens with zero attached hydrogens (tertiary/aromatic N) is 4. The van der Waals surface area contributed by atoms with Crippen LogP contribution in [0.3, 0.4) is 0 Å². The van der Waals surface area contributed by atoms with Crippen LogP contribution < -0.4 is 4.90 Å². The number of rotatable bonds is 3. The summed E-state index contributed by atoms with van der Waals surface area (Å²) in [7, 11) is 0. The number of aromatic nitrogens is 2. The molecule has 5 nitrogen and oxygen atoms in total. The van der Waals surface area contributed by atoms with Gasteiger partial charge in [-0.15, -0.1) is 0 Å². The zero-order valence-electron chi connectivity index (χ0n) is 14.4. The van der Waals surface area contributed by atoms with Gasteiger partial charge in [0.1, 0.15) is 5.82 Å². The minimum atomic E-state index is 0.0556. The summed E-state index contributed by atoms with van der Waals surface area (Å²) in [5, 5.41) is 0. The maximum absolute atomic E-state index is 13.2. The summed E-state index contributed by atoms with van der Waals surface area (Å²) >= 11 is 0. The largest absolute Gasteiger partial charge is 0.355 e. The Hall–Kier alpha value is -2.43. The van der Waals surface area contributed by atoms with Crippen molar-refractivity contribution < 1.29 is 4.79 Å². The van der Waals surface area contributed by atoms with Crippen LogP contribution in [-0.2, 0) is 4.79 Å². The van der Waals surface area contributed by atoms with E-state index in [9.17, 15) is 4.79 Å². The van der Waals surface area contributed by atoms with E-state index in [1.807, 2.05) is 6.07 Å². The van der Waals surface area contributed by atoms with Crippen molar-refractivity contribution in [3.63, 3.8) is 0 Å². The molecule has 2 aromatic rings. The van der Waals surface area contributed by atoms with Gasteiger partial charge in [-0.3, -0.25) is 9.78 Å². The van der Waals surface area contributed by atoms with Crippen LogP contribution in [0.2, 0.25) is 0 Å². The number of amides is 1. The summed E-state index contributed by atoms with van der Waals surface area (Å²) in [4.78, 5) is 26.1. The van der Waals surface area contributed by atoms with Crippen molar-refractivity contribution in [3.05, 3.63) is 54.5 Å². The third-order valence-electron chi connectivity index (χ3n) is 5.36. The predicted molar refractivity (Wildman–Crippen MR) is 97.1 cm³/mol. The monoisotopic (exact) mass is 336 g/mol. The van der Waals surface area contributed by atoms with Gasteiger partial charge in [-0.2, -0.15) is 0 Å². The summed E-state index contributed by atoms with van der Waals surface area (Å²) in [6.07, 6.45) is 9.33. The summed E-state index contributed by atoms with van der Waals surface area (Å²) in [6.45, 7) is 2.57. The highest BCUT2D eigenvalue weighted by Crippen LogP contribution is 2.34. The quantitative estimate of drug-likeness (QED) is 0.864. The van der Waals surface area contributed by atoms with Crippen molar-refractivity contribution in [2.45, 2.75) is 31.7 Å². The Morgan fingerprint density at radius 2 is 1.88 bits per heavy atom. The molecular weight excluding hydrogens is 312 g/mol. The lowest BCUT2D eigenvalue weighted by atomic mass is 9.95. The van der Waals surface area contributed by atoms with E-state index in [0.29, 0.717) is 5.91 Å². The maximum Gasteiger partial charge on any atom is 0.227 e. The summed E-state index contributed by atoms with van der Waals surface area (Å²) in [5.41, 5.74) is 1.26. The van der Waals surface area contributed by atoms with E-state index in [1.54, 1.807) is 18.6 Å². The van der Waals surface area contributed by atoms with E-state index in [-0.39, 0.29) is 12.0 Å². The van der Waals surface area contributed by atoms with Crippen molar-refractivity contribution >= 4 is 11.7 Å². The number of piperidine rings is 1. The molecule has 1 amide bonds. The predicted octanol–water partition coefficient (Wildman–Crippen LogP) is 3.06. The second-order valence-corrected chi connectivity index (χ2v) is 6.95. The molecule has 3 heterocycles. The van der Waals surface area contributed by atoms with Gasteiger partial charge in [0.15, 0.2) is 0 Å². The van der Waals surface area contributed by atoms with Gasteiger partial charge in [0, 0.05) is 32.0 Å². The molecule has 0 spiro atoms. The molecule has 2 saturated heterocycles. The molecule has 2 atom stereocenters. The van der Waals surface area contributed by atoms with Crippen LogP contribution in [0, 0.1) is 5.92 Å². The Bertz CT molecular complexity index is 706. The van der Waals surface area contributed by atoms with Crippen molar-refractivity contribution in [2.24, 2.45) is 5.92 Å². The molecular formula is C20H24N4O. The molecule has 0 radical (unpaired) electrons. The maximum atomic E-state index is 13.2. The van der Waals surface area contributed by atoms with Crippen LogP contribution in [-0.4, -0.2) is 40.4 Å². The number of likely N-dealkylation sites (tertiary alicyclic amines) is 1. The minimum Gasteiger partial charge on any atom is -0.355 e. The third-order valence-corrected chi connectivity index (χ3v) is 5.36. The van der Waals surface area contributed by atoms with Crippen LogP contribution in [0.4, 0.5) is 5.82 Å². The van der Waals surface area contributed by atoms with Crippen LogP contribution in [0.15, 0.2) is 48.9 Å². The van der Waals surface area contributed by atoms with Crippen molar-refractivity contribution in [2.75, 3.05) is 24.5 Å². The van der Waals surface area contributed by atoms with E-state index in [2.05, 4.69) is 44.0 Å². The molecule has 1 aromatic heterocycles. The first-order chi connectivity index (χ1) is 12.3. The van der Waals surface area contributed by atoms with Crippen molar-refractivity contribution in [1.29, 1.82) is 0 Å². The number of anilines is 1. The molecule has 5 heteroatoms. The highest BCUT2D eigenvalue weighted by Gasteiger charge is 2.35. The molecule has 0 bridgehead atoms. The van der Waals surface area contributed by atoms with Crippen LogP contribution in [0.1, 0.15) is 37.3 Å². The van der Waals surface area contributed by atoms with Gasteiger partial charge < -0.3 is 9.80 Å². The fourth-order valence-corrected chi connectivity index (χ4v) is 4.13. The molecule has 4 rings (SSSR count). The first kappa shape index (κ1) is 16.1. The molecule has 0 unspecified atom stereocenters. The summed E-state index contributed by atoms with van der Waals surface area (Å²) in [5.74, 6) is 1.24. The number of hydrogen-bond acceptors (Lipinski definition) is 4. The molecule has 2 fully saturated rings. The number of carbonyl (C=O) groups excluding carboxylic acids is 1. The first-order valence-corrected chi connectivity index (χ1v) is 9.19. The third kappa shape index (κ3) is 3.36. The number of benzene rings is 1. The Labute approximate surface area is 148 Å². The number of carbonyl (C=O) groups is 1. The number of hydrogen-bond donors (Lipinski definition) is 0. The molecule has 1 aromatic carbocycles. The van der Waals surface area contributed by atoms with E-state index in [1.165, 1.54) is 5.56 Å². The molecule has 2 aliphatic heterocycles. The van der Waals surface area contributed by atoms with Gasteiger partial charge in [-0.1, -0.05) is 30.3 Å². The van der Waals surface area contributed by atoms with E-state index in [4.69, 9.17) is 0 Å². The lowest BCUT2D eigenvalue weighted by molar-refractivity contribution is -0.136. The minimum absolute atomic E-state index is 0.0556. The van der Waals surface area contributed by atoms with Gasteiger partial charge in [0.05, 0.1) is 18.2 Å². The summed E-state index contributed by atoms with van der Waals surface area (Å²) in [6, 6.07) is 10.7. The molecule has 130 valence electrons. The Kier molecular flexibility index (Phi) is 4.63. The van der Waals surface area contributed by atoms with Gasteiger partial charge in [-0.25, -0.2) is 4.98 Å². The van der Waals surface area contributed by atoms with Crippen molar-refractivity contribution in [1.82, 2.24) is 14.9 Å². The highest BCUT2D eigenvalue weighted by atomic mass is 16.2. The zero-order chi connectivity index (χ0) is 17.1. The fourth-order valence-electron chi connectivity index (χ4n) is 4.13. The molecule has 25 heavy (non-hydrogen) atoms. The van der Waals surface area contributed by atoms with Crippen LogP contribution in [0.25, 0.3) is 0 Å². The summed E-state index contributed by atoms with van der Waals surface area (Å²) < 4.78 is 0. The molecule has 0 N–H and O–H groups in total. The molecule has 2 aliphatic rings. The average molecular weight is 336 g/mol. The Morgan fingerprint density at radius 1 is 1.04 bits per heavy atom. The smallest absolute Gasteiger partial charge is 0.227 e. The lowest BCUT2D eigenvalue weighted by Gasteiger charge is -2.36.